The molecule has 3 N–H and O–H groups in total. The van der Waals surface area contributed by atoms with Gasteiger partial charge in [-0.15, -0.1) is 0 Å². The molecule has 2 rings (SSSR count). The molecule has 5 heteroatoms. The molecule has 0 aromatic heterocycles. The van der Waals surface area contributed by atoms with E-state index in [1.165, 1.54) is 0 Å². The van der Waals surface area contributed by atoms with Gasteiger partial charge >= 0.3 is 0 Å². The second-order valence-electron chi connectivity index (χ2n) is 6.42. The van der Waals surface area contributed by atoms with Crippen LogP contribution in [0, 0.1) is 0 Å². The monoisotopic (exact) mass is 331 g/mol. The van der Waals surface area contributed by atoms with Crippen LogP contribution in [0.25, 0.3) is 0 Å². The lowest BCUT2D eigenvalue weighted by molar-refractivity contribution is -0.128. The van der Waals surface area contributed by atoms with Crippen LogP contribution < -0.4 is 11.1 Å². The molecule has 1 aliphatic rings. The first kappa shape index (κ1) is 18.5. The molecule has 0 spiro atoms. The predicted octanol–water partition coefficient (Wildman–Crippen LogP) is 2.33. The number of nitrogens with two attached hydrogens (primary N) is 1. The smallest absolute Gasteiger partial charge is 0.222 e. The molecule has 1 aromatic carbocycles. The molecule has 24 heavy (non-hydrogen) atoms. The maximum atomic E-state index is 12.0. The minimum atomic E-state index is 0.0924. The molecule has 1 fully saturated rings. The van der Waals surface area contributed by atoms with E-state index in [1.807, 2.05) is 29.2 Å². The number of amides is 2. The maximum Gasteiger partial charge on any atom is 0.222 e. The van der Waals surface area contributed by atoms with Gasteiger partial charge in [0, 0.05) is 32.5 Å². The van der Waals surface area contributed by atoms with Gasteiger partial charge in [-0.05, 0) is 36.9 Å². The predicted molar refractivity (Wildman–Crippen MR) is 95.1 cm³/mol. The second-order valence-corrected chi connectivity index (χ2v) is 6.42. The number of likely N-dealkylation sites (tertiary alicyclic amines) is 1. The summed E-state index contributed by atoms with van der Waals surface area (Å²) in [5.74, 6) is 0.320. The van der Waals surface area contributed by atoms with Crippen molar-refractivity contribution >= 4 is 11.8 Å². The summed E-state index contributed by atoms with van der Waals surface area (Å²) in [7, 11) is 0. The van der Waals surface area contributed by atoms with Crippen LogP contribution in [-0.4, -0.2) is 29.8 Å². The third-order valence-electron chi connectivity index (χ3n) is 4.48. The number of benzene rings is 1. The minimum Gasteiger partial charge on any atom is -0.352 e. The van der Waals surface area contributed by atoms with E-state index in [-0.39, 0.29) is 11.8 Å². The van der Waals surface area contributed by atoms with Gasteiger partial charge in [0.05, 0.1) is 0 Å². The van der Waals surface area contributed by atoms with Gasteiger partial charge in [-0.25, -0.2) is 0 Å². The molecule has 1 aromatic rings. The highest BCUT2D eigenvalue weighted by atomic mass is 16.2. The lowest BCUT2D eigenvalue weighted by atomic mass is 10.1. The summed E-state index contributed by atoms with van der Waals surface area (Å²) >= 11 is 0. The van der Waals surface area contributed by atoms with Crippen LogP contribution in [0.2, 0.25) is 0 Å². The summed E-state index contributed by atoms with van der Waals surface area (Å²) in [5, 5.41) is 3.00. The minimum absolute atomic E-state index is 0.0924. The van der Waals surface area contributed by atoms with Crippen molar-refractivity contribution in [2.24, 2.45) is 5.73 Å². The molecule has 0 saturated carbocycles. The fourth-order valence-corrected chi connectivity index (χ4v) is 3.03. The lowest BCUT2D eigenvalue weighted by Crippen LogP contribution is -2.26. The van der Waals surface area contributed by atoms with Crippen molar-refractivity contribution in [1.82, 2.24) is 10.2 Å². The summed E-state index contributed by atoms with van der Waals surface area (Å²) in [6.45, 7) is 2.73. The standard InChI is InChI=1S/C19H29N3O2/c20-12-6-2-1-3-10-18(23)21-14-16-8-4-5-9-17(16)15-22-13-7-11-19(22)24/h4-5,8-9H,1-3,6-7,10-15,20H2,(H,21,23). The molecule has 1 aliphatic heterocycles. The molecule has 1 saturated heterocycles. The Hall–Kier alpha value is -1.88. The summed E-state index contributed by atoms with van der Waals surface area (Å²) in [6, 6.07) is 8.03. The van der Waals surface area contributed by atoms with Crippen molar-refractivity contribution in [3.8, 4) is 0 Å². The van der Waals surface area contributed by atoms with Crippen molar-refractivity contribution in [2.75, 3.05) is 13.1 Å². The van der Waals surface area contributed by atoms with Gasteiger partial charge in [-0.2, -0.15) is 0 Å². The number of hydrogen-bond donors (Lipinski definition) is 2. The molecule has 0 radical (unpaired) electrons. The fourth-order valence-electron chi connectivity index (χ4n) is 3.03. The van der Waals surface area contributed by atoms with E-state index in [0.29, 0.717) is 25.9 Å². The normalized spacial score (nSPS) is 14.2. The summed E-state index contributed by atoms with van der Waals surface area (Å²) in [4.78, 5) is 25.7. The number of carbonyl (C=O) groups excluding carboxylic acids is 2. The van der Waals surface area contributed by atoms with Gasteiger partial charge in [0.25, 0.3) is 0 Å². The van der Waals surface area contributed by atoms with Crippen LogP contribution in [0.5, 0.6) is 0 Å². The van der Waals surface area contributed by atoms with Crippen LogP contribution >= 0.6 is 0 Å². The Morgan fingerprint density at radius 1 is 1.12 bits per heavy atom. The lowest BCUT2D eigenvalue weighted by Gasteiger charge is -2.18. The summed E-state index contributed by atoms with van der Waals surface area (Å²) in [5.41, 5.74) is 7.67. The Kier molecular flexibility index (Phi) is 7.75. The maximum absolute atomic E-state index is 12.0. The Balaban J connectivity index is 1.77. The zero-order chi connectivity index (χ0) is 17.2. The highest BCUT2D eigenvalue weighted by molar-refractivity contribution is 5.78. The van der Waals surface area contributed by atoms with Crippen molar-refractivity contribution in [1.29, 1.82) is 0 Å². The Labute approximate surface area is 144 Å². The fraction of sp³-hybridized carbons (Fsp3) is 0.579. The van der Waals surface area contributed by atoms with Gasteiger partial charge in [-0.1, -0.05) is 37.1 Å². The number of nitrogens with one attached hydrogen (secondary N) is 1. The Morgan fingerprint density at radius 2 is 1.88 bits per heavy atom. The van der Waals surface area contributed by atoms with Gasteiger partial charge in [0.15, 0.2) is 0 Å². The first-order valence-corrected chi connectivity index (χ1v) is 9.02. The average molecular weight is 331 g/mol. The van der Waals surface area contributed by atoms with Crippen molar-refractivity contribution < 1.29 is 9.59 Å². The van der Waals surface area contributed by atoms with E-state index in [4.69, 9.17) is 5.73 Å². The molecular formula is C19H29N3O2. The third kappa shape index (κ3) is 5.96. The highest BCUT2D eigenvalue weighted by Crippen LogP contribution is 2.17. The number of hydrogen-bond acceptors (Lipinski definition) is 3. The van der Waals surface area contributed by atoms with Crippen LogP contribution in [-0.2, 0) is 22.7 Å². The molecule has 1 heterocycles. The molecule has 0 atom stereocenters. The number of nitrogens with zero attached hydrogens (tertiary/aromatic N) is 1. The first-order valence-electron chi connectivity index (χ1n) is 9.02. The van der Waals surface area contributed by atoms with Crippen molar-refractivity contribution in [2.45, 2.75) is 58.0 Å². The molecular weight excluding hydrogens is 302 g/mol. The number of unbranched alkanes of at least 4 members (excludes halogenated alkanes) is 3. The van der Waals surface area contributed by atoms with Crippen molar-refractivity contribution in [3.63, 3.8) is 0 Å². The molecule has 0 bridgehead atoms. The van der Waals surface area contributed by atoms with E-state index in [0.717, 1.165) is 56.3 Å². The number of carbonyl (C=O) groups is 2. The van der Waals surface area contributed by atoms with Crippen molar-refractivity contribution in [3.05, 3.63) is 35.4 Å². The molecule has 2 amide bonds. The quantitative estimate of drug-likeness (QED) is 0.646. The third-order valence-corrected chi connectivity index (χ3v) is 4.48. The van der Waals surface area contributed by atoms with E-state index in [2.05, 4.69) is 5.32 Å². The van der Waals surface area contributed by atoms with E-state index < -0.39 is 0 Å². The summed E-state index contributed by atoms with van der Waals surface area (Å²) < 4.78 is 0. The van der Waals surface area contributed by atoms with Crippen LogP contribution in [0.15, 0.2) is 24.3 Å². The number of rotatable bonds is 10. The van der Waals surface area contributed by atoms with Gasteiger partial charge < -0.3 is 16.0 Å². The topological polar surface area (TPSA) is 75.4 Å². The zero-order valence-corrected chi connectivity index (χ0v) is 14.4. The molecule has 5 nitrogen and oxygen atoms in total. The Bertz CT molecular complexity index is 545. The molecule has 0 aliphatic carbocycles. The van der Waals surface area contributed by atoms with E-state index >= 15 is 0 Å². The van der Waals surface area contributed by atoms with E-state index in [1.54, 1.807) is 0 Å². The zero-order valence-electron chi connectivity index (χ0n) is 14.4. The van der Waals surface area contributed by atoms with Gasteiger partial charge in [0.1, 0.15) is 0 Å². The Morgan fingerprint density at radius 3 is 2.58 bits per heavy atom. The SMILES string of the molecule is NCCCCCCC(=O)NCc1ccccc1CN1CCCC1=O. The average Bonchev–Trinajstić information content (AvgIpc) is 2.99. The summed E-state index contributed by atoms with van der Waals surface area (Å²) in [6.07, 6.45) is 6.26. The van der Waals surface area contributed by atoms with Gasteiger partial charge in [-0.3, -0.25) is 9.59 Å². The van der Waals surface area contributed by atoms with Crippen LogP contribution in [0.3, 0.4) is 0 Å². The van der Waals surface area contributed by atoms with Crippen LogP contribution in [0.4, 0.5) is 0 Å². The molecule has 132 valence electrons. The first-order chi connectivity index (χ1) is 11.7. The highest BCUT2D eigenvalue weighted by Gasteiger charge is 2.20. The van der Waals surface area contributed by atoms with E-state index in [9.17, 15) is 9.59 Å². The van der Waals surface area contributed by atoms with Gasteiger partial charge in [0.2, 0.25) is 11.8 Å². The largest absolute Gasteiger partial charge is 0.352 e. The van der Waals surface area contributed by atoms with Crippen LogP contribution in [0.1, 0.15) is 56.1 Å². The molecule has 0 unspecified atom stereocenters. The second kappa shape index (κ2) is 10.1.